The van der Waals surface area contributed by atoms with E-state index in [1.807, 2.05) is 48.5 Å². The van der Waals surface area contributed by atoms with Gasteiger partial charge in [-0.15, -0.1) is 0 Å². The van der Waals surface area contributed by atoms with Crippen molar-refractivity contribution in [3.63, 3.8) is 0 Å². The van der Waals surface area contributed by atoms with Crippen molar-refractivity contribution in [2.24, 2.45) is 5.73 Å². The Morgan fingerprint density at radius 1 is 0.853 bits per heavy atom. The molecule has 2 aromatic carbocycles. The van der Waals surface area contributed by atoms with Gasteiger partial charge in [0.2, 0.25) is 0 Å². The summed E-state index contributed by atoms with van der Waals surface area (Å²) in [7, 11) is 0. The molecule has 5 rings (SSSR count). The fourth-order valence-corrected chi connectivity index (χ4v) is 3.91. The number of fused-ring (bicyclic) bond motifs is 1. The molecule has 0 aliphatic rings. The van der Waals surface area contributed by atoms with Crippen LogP contribution in [0.15, 0.2) is 91.4 Å². The van der Waals surface area contributed by atoms with Crippen molar-refractivity contribution >= 4 is 16.7 Å². The van der Waals surface area contributed by atoms with Crippen LogP contribution in [0, 0.1) is 0 Å². The molecule has 0 aliphatic heterocycles. The van der Waals surface area contributed by atoms with Crippen LogP contribution in [0.25, 0.3) is 33.5 Å². The van der Waals surface area contributed by atoms with Crippen molar-refractivity contribution in [1.82, 2.24) is 19.9 Å². The van der Waals surface area contributed by atoms with Gasteiger partial charge < -0.3 is 16.2 Å². The van der Waals surface area contributed by atoms with E-state index in [4.69, 9.17) is 15.7 Å². The standard InChI is InChI=1S/C27H24N6O/c28-20(16-18-6-2-1-3-7-18)17-31-27-22-12-15-30-24(21-8-4-5-9-23(21)34)25(22)32-26(33-27)19-10-13-29-14-11-19/h1-15,20,34H,16-17,28H2,(H,31,32,33). The highest BCUT2D eigenvalue weighted by Crippen LogP contribution is 2.34. The molecule has 0 fully saturated rings. The molecule has 34 heavy (non-hydrogen) atoms. The van der Waals surface area contributed by atoms with Crippen molar-refractivity contribution in [1.29, 1.82) is 0 Å². The molecule has 168 valence electrons. The lowest BCUT2D eigenvalue weighted by molar-refractivity contribution is 0.477. The number of para-hydroxylation sites is 1. The van der Waals surface area contributed by atoms with Crippen LogP contribution in [0.5, 0.6) is 5.75 Å². The Morgan fingerprint density at radius 3 is 2.41 bits per heavy atom. The summed E-state index contributed by atoms with van der Waals surface area (Å²) in [4.78, 5) is 18.3. The highest BCUT2D eigenvalue weighted by Gasteiger charge is 2.17. The van der Waals surface area contributed by atoms with E-state index >= 15 is 0 Å². The Hall–Kier alpha value is -4.36. The topological polar surface area (TPSA) is 110 Å². The molecule has 0 aliphatic carbocycles. The minimum absolute atomic E-state index is 0.101. The number of hydrogen-bond donors (Lipinski definition) is 3. The fraction of sp³-hybridized carbons (Fsp3) is 0.111. The summed E-state index contributed by atoms with van der Waals surface area (Å²) in [6.07, 6.45) is 5.87. The number of aromatic nitrogens is 4. The quantitative estimate of drug-likeness (QED) is 0.338. The second-order valence-corrected chi connectivity index (χ2v) is 8.04. The average Bonchev–Trinajstić information content (AvgIpc) is 2.88. The van der Waals surface area contributed by atoms with Gasteiger partial charge in [0.05, 0.1) is 0 Å². The average molecular weight is 449 g/mol. The number of phenolic OH excluding ortho intramolecular Hbond substituents is 1. The maximum Gasteiger partial charge on any atom is 0.162 e. The van der Waals surface area contributed by atoms with Crippen LogP contribution in [-0.4, -0.2) is 37.6 Å². The first-order valence-electron chi connectivity index (χ1n) is 11.1. The molecule has 0 amide bonds. The third kappa shape index (κ3) is 4.55. The SMILES string of the molecule is NC(CNc1nc(-c2ccncc2)nc2c(-c3ccccc3O)nccc12)Cc1ccccc1. The molecular weight excluding hydrogens is 424 g/mol. The van der Waals surface area contributed by atoms with Crippen molar-refractivity contribution in [2.45, 2.75) is 12.5 Å². The molecule has 3 heterocycles. The number of nitrogens with zero attached hydrogens (tertiary/aromatic N) is 4. The second-order valence-electron chi connectivity index (χ2n) is 8.04. The summed E-state index contributed by atoms with van der Waals surface area (Å²) in [5, 5.41) is 14.7. The van der Waals surface area contributed by atoms with Gasteiger partial charge >= 0.3 is 0 Å². The number of benzene rings is 2. The summed E-state index contributed by atoms with van der Waals surface area (Å²) in [6, 6.07) is 22.8. The van der Waals surface area contributed by atoms with Crippen LogP contribution < -0.4 is 11.1 Å². The number of rotatable bonds is 7. The summed E-state index contributed by atoms with van der Waals surface area (Å²) in [5.74, 6) is 1.35. The van der Waals surface area contributed by atoms with Gasteiger partial charge in [0.15, 0.2) is 5.82 Å². The molecule has 5 aromatic rings. The Labute approximate surface area is 197 Å². The number of nitrogens with two attached hydrogens (primary N) is 1. The van der Waals surface area contributed by atoms with Crippen LogP contribution in [0.1, 0.15) is 5.56 Å². The molecular formula is C27H24N6O. The summed E-state index contributed by atoms with van der Waals surface area (Å²) in [6.45, 7) is 0.533. The highest BCUT2D eigenvalue weighted by molar-refractivity contribution is 5.99. The van der Waals surface area contributed by atoms with Crippen LogP contribution in [0.2, 0.25) is 0 Å². The fourth-order valence-electron chi connectivity index (χ4n) is 3.91. The van der Waals surface area contributed by atoms with Crippen molar-refractivity contribution in [2.75, 3.05) is 11.9 Å². The third-order valence-corrected chi connectivity index (χ3v) is 5.58. The molecule has 4 N–H and O–H groups in total. The molecule has 1 atom stereocenters. The number of pyridine rings is 2. The van der Waals surface area contributed by atoms with Crippen LogP contribution in [0.4, 0.5) is 5.82 Å². The maximum absolute atomic E-state index is 10.5. The van der Waals surface area contributed by atoms with Gasteiger partial charge in [-0.3, -0.25) is 9.97 Å². The monoisotopic (exact) mass is 448 g/mol. The van der Waals surface area contributed by atoms with E-state index in [0.717, 1.165) is 17.4 Å². The second kappa shape index (κ2) is 9.64. The Kier molecular flexibility index (Phi) is 6.09. The predicted octanol–water partition coefficient (Wildman–Crippen LogP) is 4.44. The van der Waals surface area contributed by atoms with Crippen LogP contribution in [-0.2, 0) is 6.42 Å². The van der Waals surface area contributed by atoms with E-state index in [1.165, 1.54) is 5.56 Å². The van der Waals surface area contributed by atoms with Crippen LogP contribution >= 0.6 is 0 Å². The zero-order valence-electron chi connectivity index (χ0n) is 18.5. The highest BCUT2D eigenvalue weighted by atomic mass is 16.3. The zero-order valence-corrected chi connectivity index (χ0v) is 18.5. The Bertz CT molecular complexity index is 1410. The molecule has 0 radical (unpaired) electrons. The van der Waals surface area contributed by atoms with Gasteiger partial charge in [0.1, 0.15) is 22.8 Å². The van der Waals surface area contributed by atoms with E-state index in [2.05, 4.69) is 27.4 Å². The van der Waals surface area contributed by atoms with Crippen LogP contribution in [0.3, 0.4) is 0 Å². The lowest BCUT2D eigenvalue weighted by atomic mass is 10.1. The zero-order chi connectivity index (χ0) is 23.3. The first-order valence-corrected chi connectivity index (χ1v) is 11.1. The lowest BCUT2D eigenvalue weighted by Gasteiger charge is -2.16. The van der Waals surface area contributed by atoms with Gasteiger partial charge in [0.25, 0.3) is 0 Å². The summed E-state index contributed by atoms with van der Waals surface area (Å²) < 4.78 is 0. The molecule has 7 heteroatoms. The minimum Gasteiger partial charge on any atom is -0.507 e. The van der Waals surface area contributed by atoms with E-state index in [9.17, 15) is 5.11 Å². The summed E-state index contributed by atoms with van der Waals surface area (Å²) in [5.41, 5.74) is 10.3. The minimum atomic E-state index is -0.101. The number of hydrogen-bond acceptors (Lipinski definition) is 7. The van der Waals surface area contributed by atoms with Gasteiger partial charge in [-0.1, -0.05) is 42.5 Å². The van der Waals surface area contributed by atoms with Crippen molar-refractivity contribution in [3.8, 4) is 28.4 Å². The van der Waals surface area contributed by atoms with Crippen molar-refractivity contribution < 1.29 is 5.11 Å². The molecule has 0 saturated carbocycles. The molecule has 1 unspecified atom stereocenters. The number of aromatic hydroxyl groups is 1. The number of phenols is 1. The van der Waals surface area contributed by atoms with Gasteiger partial charge in [-0.25, -0.2) is 9.97 Å². The molecule has 0 saturated heterocycles. The Morgan fingerprint density at radius 2 is 1.62 bits per heavy atom. The van der Waals surface area contributed by atoms with Crippen molar-refractivity contribution in [3.05, 3.63) is 97.0 Å². The van der Waals surface area contributed by atoms with Gasteiger partial charge in [0, 0.05) is 47.7 Å². The number of anilines is 1. The Balaban J connectivity index is 1.56. The van der Waals surface area contributed by atoms with E-state index in [1.54, 1.807) is 30.7 Å². The van der Waals surface area contributed by atoms with Gasteiger partial charge in [-0.05, 0) is 42.3 Å². The predicted molar refractivity (Wildman–Crippen MR) is 134 cm³/mol. The van der Waals surface area contributed by atoms with E-state index in [0.29, 0.717) is 35.0 Å². The molecule has 0 spiro atoms. The van der Waals surface area contributed by atoms with Gasteiger partial charge in [-0.2, -0.15) is 0 Å². The largest absolute Gasteiger partial charge is 0.507 e. The molecule has 7 nitrogen and oxygen atoms in total. The van der Waals surface area contributed by atoms with E-state index < -0.39 is 0 Å². The first kappa shape index (κ1) is 21.5. The normalized spacial score (nSPS) is 11.9. The van der Waals surface area contributed by atoms with E-state index in [-0.39, 0.29) is 11.8 Å². The molecule has 3 aromatic heterocycles. The maximum atomic E-state index is 10.5. The first-order chi connectivity index (χ1) is 16.7. The lowest BCUT2D eigenvalue weighted by Crippen LogP contribution is -2.31. The third-order valence-electron chi connectivity index (χ3n) is 5.58. The molecule has 0 bridgehead atoms. The summed E-state index contributed by atoms with van der Waals surface area (Å²) >= 11 is 0. The number of nitrogens with one attached hydrogen (secondary N) is 1. The smallest absolute Gasteiger partial charge is 0.162 e.